The molecule has 0 aliphatic carbocycles. The quantitative estimate of drug-likeness (QED) is 0.129. The molecule has 0 amide bonds. The molecule has 8 rings (SSSR count). The second-order valence-corrected chi connectivity index (χ2v) is 17.1. The first-order chi connectivity index (χ1) is 25.9. The summed E-state index contributed by atoms with van der Waals surface area (Å²) in [7, 11) is 4.35. The van der Waals surface area contributed by atoms with Crippen molar-refractivity contribution in [1.29, 1.82) is 0 Å². The van der Waals surface area contributed by atoms with Crippen LogP contribution in [0.25, 0.3) is 20.4 Å². The Morgan fingerprint density at radius 1 is 0.660 bits per heavy atom. The average molecular weight is 814 g/mol. The van der Waals surface area contributed by atoms with Crippen LogP contribution in [0.3, 0.4) is 0 Å². The molecule has 278 valence electrons. The molecular weight excluding hydrogens is 765 g/mol. The van der Waals surface area contributed by atoms with E-state index in [0.29, 0.717) is 0 Å². The lowest BCUT2D eigenvalue weighted by atomic mass is 10.1. The Balaban J connectivity index is 0.000000165. The summed E-state index contributed by atoms with van der Waals surface area (Å²) in [6.45, 7) is 7.20. The van der Waals surface area contributed by atoms with Crippen molar-refractivity contribution in [3.05, 3.63) is 123 Å². The van der Waals surface area contributed by atoms with E-state index in [2.05, 4.69) is 126 Å². The maximum atomic E-state index is 6.67. The van der Waals surface area contributed by atoms with E-state index >= 15 is 0 Å². The summed E-state index contributed by atoms with van der Waals surface area (Å²) in [6.07, 6.45) is 5.54. The number of piperidine rings is 2. The van der Waals surface area contributed by atoms with Gasteiger partial charge in [-0.3, -0.25) is 0 Å². The van der Waals surface area contributed by atoms with Gasteiger partial charge in [-0.05, 0) is 106 Å². The molecule has 53 heavy (non-hydrogen) atoms. The summed E-state index contributed by atoms with van der Waals surface area (Å²) in [4.78, 5) is 14.5. The van der Waals surface area contributed by atoms with Crippen LogP contribution in [0.1, 0.15) is 72.4 Å². The summed E-state index contributed by atoms with van der Waals surface area (Å²) in [5.74, 6) is 0.900. The predicted molar refractivity (Wildman–Crippen MR) is 223 cm³/mol. The first-order valence-electron chi connectivity index (χ1n) is 18.8. The van der Waals surface area contributed by atoms with E-state index in [1.54, 1.807) is 22.7 Å². The van der Waals surface area contributed by atoms with Crippen molar-refractivity contribution in [2.45, 2.75) is 63.4 Å². The van der Waals surface area contributed by atoms with Crippen LogP contribution in [0.2, 0.25) is 0 Å². The lowest BCUT2D eigenvalue weighted by Gasteiger charge is -2.31. The molecule has 0 bridgehead atoms. The molecule has 0 spiro atoms. The van der Waals surface area contributed by atoms with Crippen LogP contribution in [-0.2, 0) is 9.47 Å². The zero-order valence-corrected chi connectivity index (χ0v) is 34.0. The zero-order valence-electron chi connectivity index (χ0n) is 30.8. The number of para-hydroxylation sites is 2. The molecule has 0 saturated carbocycles. The van der Waals surface area contributed by atoms with Gasteiger partial charge < -0.3 is 24.0 Å². The van der Waals surface area contributed by atoms with E-state index in [-0.39, 0.29) is 24.4 Å². The molecule has 0 N–H and O–H groups in total. The SMILES string of the molecule is CCCOc1cccc(C(OC2CCN(C)CC2)c2nc3ccccc3s2)c1.CN1CCC(OC(c2cccc(Br)c2)c2nc3ccccc3s2)CC1. The molecule has 4 aromatic carbocycles. The highest BCUT2D eigenvalue weighted by Gasteiger charge is 2.28. The first-order valence-corrected chi connectivity index (χ1v) is 21.2. The van der Waals surface area contributed by atoms with Crippen molar-refractivity contribution >= 4 is 59.0 Å². The smallest absolute Gasteiger partial charge is 0.135 e. The minimum atomic E-state index is -0.156. The monoisotopic (exact) mass is 812 g/mol. The molecule has 2 aromatic heterocycles. The standard InChI is InChI=1S/C23H28N2O2S.C20H21BrN2OS/c1-3-15-26-19-8-6-7-17(16-19)22(27-18-11-13-25(2)14-12-18)23-24-20-9-4-5-10-21(20)28-23;1-23-11-9-16(10-12-23)24-19(14-5-4-6-15(21)13-14)20-22-17-7-2-3-8-18(17)25-20/h4-10,16,18,22H,3,11-15H2,1-2H3;2-8,13,16,19H,9-12H2,1H3. The lowest BCUT2D eigenvalue weighted by Crippen LogP contribution is -2.35. The fourth-order valence-electron chi connectivity index (χ4n) is 6.85. The molecule has 4 heterocycles. The van der Waals surface area contributed by atoms with E-state index in [9.17, 15) is 0 Å². The number of benzene rings is 4. The number of hydrogen-bond acceptors (Lipinski definition) is 9. The van der Waals surface area contributed by atoms with Crippen LogP contribution in [0.5, 0.6) is 5.75 Å². The van der Waals surface area contributed by atoms with Crippen LogP contribution in [0, 0.1) is 0 Å². The fourth-order valence-corrected chi connectivity index (χ4v) is 9.33. The third-order valence-corrected chi connectivity index (χ3v) is 12.5. The molecule has 2 atom stereocenters. The highest BCUT2D eigenvalue weighted by Crippen LogP contribution is 2.37. The molecule has 2 aliphatic heterocycles. The third-order valence-electron chi connectivity index (χ3n) is 9.84. The van der Waals surface area contributed by atoms with Gasteiger partial charge in [-0.2, -0.15) is 0 Å². The van der Waals surface area contributed by atoms with Crippen LogP contribution >= 0.6 is 38.6 Å². The van der Waals surface area contributed by atoms with Crippen LogP contribution in [0.15, 0.2) is 102 Å². The lowest BCUT2D eigenvalue weighted by molar-refractivity contribution is -0.0236. The number of hydrogen-bond donors (Lipinski definition) is 0. The summed E-state index contributed by atoms with van der Waals surface area (Å²) >= 11 is 7.05. The summed E-state index contributed by atoms with van der Waals surface area (Å²) < 4.78 is 22.6. The zero-order chi connectivity index (χ0) is 36.6. The molecular formula is C43H49BrN4O3S2. The van der Waals surface area contributed by atoms with Gasteiger partial charge in [0, 0.05) is 30.7 Å². The van der Waals surface area contributed by atoms with Crippen molar-refractivity contribution in [3.8, 4) is 5.75 Å². The van der Waals surface area contributed by atoms with E-state index in [1.807, 2.05) is 18.2 Å². The van der Waals surface area contributed by atoms with Gasteiger partial charge in [-0.25, -0.2) is 9.97 Å². The van der Waals surface area contributed by atoms with Gasteiger partial charge >= 0.3 is 0 Å². The summed E-state index contributed by atoms with van der Waals surface area (Å²) in [5, 5.41) is 2.06. The van der Waals surface area contributed by atoms with Gasteiger partial charge in [0.25, 0.3) is 0 Å². The van der Waals surface area contributed by atoms with Crippen molar-refractivity contribution in [1.82, 2.24) is 19.8 Å². The largest absolute Gasteiger partial charge is 0.494 e. The number of thiazole rings is 2. The minimum Gasteiger partial charge on any atom is -0.494 e. The summed E-state index contributed by atoms with van der Waals surface area (Å²) in [6, 6.07) is 33.3. The fraction of sp³-hybridized carbons (Fsp3) is 0.395. The van der Waals surface area contributed by atoms with Crippen molar-refractivity contribution < 1.29 is 14.2 Å². The predicted octanol–water partition coefficient (Wildman–Crippen LogP) is 10.5. The van der Waals surface area contributed by atoms with E-state index in [1.165, 1.54) is 9.40 Å². The van der Waals surface area contributed by atoms with Gasteiger partial charge in [-0.1, -0.05) is 71.4 Å². The molecule has 6 aromatic rings. The summed E-state index contributed by atoms with van der Waals surface area (Å²) in [5.41, 5.74) is 4.37. The number of likely N-dealkylation sites (tertiary alicyclic amines) is 2. The normalized spacial score (nSPS) is 17.4. The molecule has 2 saturated heterocycles. The van der Waals surface area contributed by atoms with Crippen LogP contribution in [0.4, 0.5) is 0 Å². The van der Waals surface area contributed by atoms with Gasteiger partial charge in [0.2, 0.25) is 0 Å². The molecule has 2 fully saturated rings. The molecule has 10 heteroatoms. The van der Waals surface area contributed by atoms with Crippen molar-refractivity contribution in [2.75, 3.05) is 46.9 Å². The number of rotatable bonds is 11. The van der Waals surface area contributed by atoms with Crippen molar-refractivity contribution in [3.63, 3.8) is 0 Å². The second kappa shape index (κ2) is 18.4. The van der Waals surface area contributed by atoms with Gasteiger partial charge in [-0.15, -0.1) is 22.7 Å². The Labute approximate surface area is 330 Å². The van der Waals surface area contributed by atoms with Crippen LogP contribution < -0.4 is 4.74 Å². The van der Waals surface area contributed by atoms with E-state index in [0.717, 1.165) is 107 Å². The Morgan fingerprint density at radius 2 is 1.15 bits per heavy atom. The Morgan fingerprint density at radius 3 is 1.64 bits per heavy atom. The first kappa shape index (κ1) is 38.1. The molecule has 7 nitrogen and oxygen atoms in total. The van der Waals surface area contributed by atoms with Gasteiger partial charge in [0.1, 0.15) is 28.0 Å². The number of aromatic nitrogens is 2. The maximum absolute atomic E-state index is 6.67. The second-order valence-electron chi connectivity index (χ2n) is 14.1. The van der Waals surface area contributed by atoms with E-state index < -0.39 is 0 Å². The van der Waals surface area contributed by atoms with Crippen molar-refractivity contribution in [2.24, 2.45) is 0 Å². The van der Waals surface area contributed by atoms with Gasteiger partial charge in [0.15, 0.2) is 0 Å². The Hall–Kier alpha value is -3.22. The number of fused-ring (bicyclic) bond motifs is 2. The minimum absolute atomic E-state index is 0.108. The highest BCUT2D eigenvalue weighted by molar-refractivity contribution is 9.10. The van der Waals surface area contributed by atoms with E-state index in [4.69, 9.17) is 24.2 Å². The Bertz CT molecular complexity index is 1990. The molecule has 2 unspecified atom stereocenters. The number of halogens is 1. The van der Waals surface area contributed by atoms with Gasteiger partial charge in [0.05, 0.1) is 39.2 Å². The molecule has 0 radical (unpaired) electrons. The molecule has 2 aliphatic rings. The number of ether oxygens (including phenoxy) is 3. The maximum Gasteiger partial charge on any atom is 0.135 e. The topological polar surface area (TPSA) is 60.0 Å². The van der Waals surface area contributed by atoms with Crippen LogP contribution in [-0.4, -0.2) is 78.9 Å². The number of nitrogens with zero attached hydrogens (tertiary/aromatic N) is 4. The Kier molecular flexibility index (Phi) is 13.2. The average Bonchev–Trinajstić information content (AvgIpc) is 3.82. The third kappa shape index (κ3) is 10.1. The highest BCUT2D eigenvalue weighted by atomic mass is 79.9.